The van der Waals surface area contributed by atoms with Crippen LogP contribution < -0.4 is 5.73 Å². The minimum Gasteiger partial charge on any atom is -0.469 e. The number of benzene rings is 1. The summed E-state index contributed by atoms with van der Waals surface area (Å²) in [6, 6.07) is 9.49. The van der Waals surface area contributed by atoms with E-state index in [4.69, 9.17) is 10.5 Å². The first-order valence-corrected chi connectivity index (χ1v) is 7.09. The van der Waals surface area contributed by atoms with Gasteiger partial charge in [0.15, 0.2) is 0 Å². The van der Waals surface area contributed by atoms with Crippen LogP contribution in [0.15, 0.2) is 42.7 Å². The van der Waals surface area contributed by atoms with Crippen molar-refractivity contribution in [3.05, 3.63) is 65.0 Å². The Labute approximate surface area is 129 Å². The fourth-order valence-electron chi connectivity index (χ4n) is 2.48. The highest BCUT2D eigenvalue weighted by atomic mass is 16.5. The van der Waals surface area contributed by atoms with Crippen LogP contribution in [0.2, 0.25) is 0 Å². The first-order valence-electron chi connectivity index (χ1n) is 7.09. The number of pyridine rings is 1. The molecule has 1 unspecified atom stereocenters. The van der Waals surface area contributed by atoms with Crippen molar-refractivity contribution in [1.82, 2.24) is 4.98 Å². The van der Waals surface area contributed by atoms with E-state index in [9.17, 15) is 9.90 Å². The zero-order valence-electron chi connectivity index (χ0n) is 12.5. The number of nitrogens with zero attached hydrogens (tertiary/aromatic N) is 1. The Balaban J connectivity index is 2.42. The highest BCUT2D eigenvalue weighted by molar-refractivity contribution is 5.71. The Morgan fingerprint density at radius 3 is 2.55 bits per heavy atom. The van der Waals surface area contributed by atoms with Crippen molar-refractivity contribution in [3.63, 3.8) is 0 Å². The van der Waals surface area contributed by atoms with Crippen molar-refractivity contribution in [2.75, 3.05) is 7.11 Å². The molecule has 1 aromatic heterocycles. The highest BCUT2D eigenvalue weighted by Gasteiger charge is 2.19. The first-order chi connectivity index (χ1) is 10.7. The molecule has 1 aromatic carbocycles. The smallest absolute Gasteiger partial charge is 0.306 e. The average Bonchev–Trinajstić information content (AvgIpc) is 2.59. The number of carbonyl (C=O) groups is 1. The van der Waals surface area contributed by atoms with Gasteiger partial charge in [0.05, 0.1) is 20.1 Å². The number of nitrogens with two attached hydrogens (primary N) is 1. The molecule has 0 aliphatic heterocycles. The maximum absolute atomic E-state index is 11.7. The fraction of sp³-hybridized carbons (Fsp3) is 0.294. The molecule has 2 rings (SSSR count). The van der Waals surface area contributed by atoms with Gasteiger partial charge in [-0.1, -0.05) is 18.2 Å². The van der Waals surface area contributed by atoms with Gasteiger partial charge in [-0.3, -0.25) is 9.78 Å². The number of aliphatic hydroxyl groups excluding tert-OH is 1. The van der Waals surface area contributed by atoms with Gasteiger partial charge in [0.2, 0.25) is 0 Å². The Hall–Kier alpha value is -2.24. The Morgan fingerprint density at radius 2 is 1.95 bits per heavy atom. The summed E-state index contributed by atoms with van der Waals surface area (Å²) in [4.78, 5) is 15.7. The molecule has 3 N–H and O–H groups in total. The third-order valence-electron chi connectivity index (χ3n) is 3.73. The minimum absolute atomic E-state index is 0.0817. The maximum Gasteiger partial charge on any atom is 0.306 e. The topological polar surface area (TPSA) is 85.4 Å². The standard InChI is InChI=1S/C17H20N2O3/c1-22-17(21)9-16(12-4-6-19-7-5-12)13-2-3-14(10-18)15(8-13)11-20/h2-8,16,20H,9-11,18H2,1H3. The molecule has 5 nitrogen and oxygen atoms in total. The summed E-state index contributed by atoms with van der Waals surface area (Å²) in [5.74, 6) is -0.428. The molecule has 22 heavy (non-hydrogen) atoms. The van der Waals surface area contributed by atoms with E-state index in [-0.39, 0.29) is 24.9 Å². The monoisotopic (exact) mass is 300 g/mol. The van der Waals surface area contributed by atoms with Crippen LogP contribution in [0.4, 0.5) is 0 Å². The Bertz CT molecular complexity index is 629. The normalized spacial score (nSPS) is 12.0. The summed E-state index contributed by atoms with van der Waals surface area (Å²) >= 11 is 0. The van der Waals surface area contributed by atoms with E-state index in [1.807, 2.05) is 30.3 Å². The molecule has 0 bridgehead atoms. The van der Waals surface area contributed by atoms with Gasteiger partial charge in [-0.25, -0.2) is 0 Å². The van der Waals surface area contributed by atoms with Crippen molar-refractivity contribution in [2.24, 2.45) is 5.73 Å². The molecule has 2 aromatic rings. The van der Waals surface area contributed by atoms with Gasteiger partial charge in [0, 0.05) is 24.9 Å². The summed E-state index contributed by atoms with van der Waals surface area (Å²) in [5, 5.41) is 9.50. The molecule has 0 saturated heterocycles. The number of hydrogen-bond donors (Lipinski definition) is 2. The van der Waals surface area contributed by atoms with Gasteiger partial charge in [-0.15, -0.1) is 0 Å². The van der Waals surface area contributed by atoms with Crippen LogP contribution in [-0.2, 0) is 22.7 Å². The second-order valence-corrected chi connectivity index (χ2v) is 5.00. The van der Waals surface area contributed by atoms with Gasteiger partial charge in [0.1, 0.15) is 0 Å². The van der Waals surface area contributed by atoms with Crippen molar-refractivity contribution in [3.8, 4) is 0 Å². The molecule has 0 spiro atoms. The molecule has 1 heterocycles. The summed E-state index contributed by atoms with van der Waals surface area (Å²) in [6.07, 6.45) is 3.62. The molecular weight excluding hydrogens is 280 g/mol. The van der Waals surface area contributed by atoms with Gasteiger partial charge in [-0.2, -0.15) is 0 Å². The van der Waals surface area contributed by atoms with Crippen molar-refractivity contribution < 1.29 is 14.6 Å². The Kier molecular flexibility index (Phi) is 5.63. The van der Waals surface area contributed by atoms with Crippen molar-refractivity contribution >= 4 is 5.97 Å². The number of rotatable bonds is 6. The predicted molar refractivity (Wildman–Crippen MR) is 83.0 cm³/mol. The van der Waals surface area contributed by atoms with E-state index in [1.165, 1.54) is 7.11 Å². The molecule has 5 heteroatoms. The lowest BCUT2D eigenvalue weighted by Gasteiger charge is -2.18. The van der Waals surface area contributed by atoms with Crippen molar-refractivity contribution in [2.45, 2.75) is 25.5 Å². The zero-order chi connectivity index (χ0) is 15.9. The van der Waals surface area contributed by atoms with Crippen LogP contribution in [0.1, 0.15) is 34.6 Å². The SMILES string of the molecule is COC(=O)CC(c1ccncc1)c1ccc(CN)c(CO)c1. The van der Waals surface area contributed by atoms with Crippen LogP contribution in [0.3, 0.4) is 0 Å². The number of ether oxygens (including phenoxy) is 1. The number of aromatic nitrogens is 1. The number of methoxy groups -OCH3 is 1. The lowest BCUT2D eigenvalue weighted by atomic mass is 9.87. The summed E-state index contributed by atoms with van der Waals surface area (Å²) in [7, 11) is 1.38. The van der Waals surface area contributed by atoms with E-state index >= 15 is 0 Å². The minimum atomic E-state index is -0.282. The number of hydrogen-bond acceptors (Lipinski definition) is 5. The second kappa shape index (κ2) is 7.68. The predicted octanol–water partition coefficient (Wildman–Crippen LogP) is 1.73. The summed E-state index contributed by atoms with van der Waals surface area (Å²) in [6.45, 7) is 0.286. The summed E-state index contributed by atoms with van der Waals surface area (Å²) < 4.78 is 4.80. The van der Waals surface area contributed by atoms with Crippen LogP contribution in [-0.4, -0.2) is 23.2 Å². The third kappa shape index (κ3) is 3.69. The molecule has 1 atom stereocenters. The zero-order valence-corrected chi connectivity index (χ0v) is 12.5. The van der Waals surface area contributed by atoms with Gasteiger partial charge in [-0.05, 0) is 34.4 Å². The van der Waals surface area contributed by atoms with Crippen LogP contribution in [0.25, 0.3) is 0 Å². The average molecular weight is 300 g/mol. The first kappa shape index (κ1) is 16.1. The number of esters is 1. The van der Waals surface area contributed by atoms with E-state index in [0.29, 0.717) is 6.54 Å². The third-order valence-corrected chi connectivity index (χ3v) is 3.73. The molecule has 116 valence electrons. The van der Waals surface area contributed by atoms with Gasteiger partial charge < -0.3 is 15.6 Å². The number of aliphatic hydroxyl groups is 1. The number of carbonyl (C=O) groups excluding carboxylic acids is 1. The second-order valence-electron chi connectivity index (χ2n) is 5.00. The van der Waals surface area contributed by atoms with E-state index in [0.717, 1.165) is 22.3 Å². The van der Waals surface area contributed by atoms with E-state index in [1.54, 1.807) is 12.4 Å². The quantitative estimate of drug-likeness (QED) is 0.794. The molecule has 0 saturated carbocycles. The van der Waals surface area contributed by atoms with E-state index < -0.39 is 0 Å². The van der Waals surface area contributed by atoms with Gasteiger partial charge >= 0.3 is 5.97 Å². The Morgan fingerprint density at radius 1 is 1.23 bits per heavy atom. The van der Waals surface area contributed by atoms with Crippen LogP contribution in [0, 0.1) is 0 Å². The molecule has 0 aliphatic carbocycles. The molecule has 0 fully saturated rings. The van der Waals surface area contributed by atoms with Crippen LogP contribution >= 0.6 is 0 Å². The highest BCUT2D eigenvalue weighted by Crippen LogP contribution is 2.29. The van der Waals surface area contributed by atoms with Crippen molar-refractivity contribution in [1.29, 1.82) is 0 Å². The summed E-state index contributed by atoms with van der Waals surface area (Å²) in [5.41, 5.74) is 9.27. The molecule has 0 amide bonds. The van der Waals surface area contributed by atoms with Gasteiger partial charge in [0.25, 0.3) is 0 Å². The van der Waals surface area contributed by atoms with Crippen LogP contribution in [0.5, 0.6) is 0 Å². The molecule has 0 aliphatic rings. The lowest BCUT2D eigenvalue weighted by Crippen LogP contribution is -2.11. The fourth-order valence-corrected chi connectivity index (χ4v) is 2.48. The van der Waals surface area contributed by atoms with E-state index in [2.05, 4.69) is 4.98 Å². The lowest BCUT2D eigenvalue weighted by molar-refractivity contribution is -0.140. The maximum atomic E-state index is 11.7. The largest absolute Gasteiger partial charge is 0.469 e. The molecule has 0 radical (unpaired) electrons. The molecular formula is C17H20N2O3.